The number of nitriles is 1. The lowest BCUT2D eigenvalue weighted by atomic mass is 10.3. The number of ether oxygens (including phenoxy) is 1. The maximum Gasteiger partial charge on any atom is 0.140 e. The molecule has 3 nitrogen and oxygen atoms in total. The van der Waals surface area contributed by atoms with Crippen molar-refractivity contribution >= 4 is 0 Å². The van der Waals surface area contributed by atoms with Crippen molar-refractivity contribution in [1.29, 1.82) is 5.26 Å². The highest BCUT2D eigenvalue weighted by molar-refractivity contribution is 5.26. The smallest absolute Gasteiger partial charge is 0.140 e. The summed E-state index contributed by atoms with van der Waals surface area (Å²) in [6, 6.07) is 5.42. The van der Waals surface area contributed by atoms with E-state index in [9.17, 15) is 0 Å². The molecule has 0 saturated heterocycles. The van der Waals surface area contributed by atoms with Gasteiger partial charge in [-0.2, -0.15) is 5.26 Å². The quantitative estimate of drug-likeness (QED) is 0.701. The van der Waals surface area contributed by atoms with Crippen LogP contribution in [0, 0.1) is 17.2 Å². The van der Waals surface area contributed by atoms with E-state index in [1.165, 1.54) is 12.8 Å². The zero-order valence-electron chi connectivity index (χ0n) is 7.23. The third-order valence-electron chi connectivity index (χ3n) is 2.03. The van der Waals surface area contributed by atoms with Gasteiger partial charge in [-0.15, -0.1) is 0 Å². The van der Waals surface area contributed by atoms with Gasteiger partial charge in [0.25, 0.3) is 0 Å². The summed E-state index contributed by atoms with van der Waals surface area (Å²) in [6.45, 7) is 0.785. The highest BCUT2D eigenvalue weighted by Crippen LogP contribution is 2.29. The van der Waals surface area contributed by atoms with Crippen molar-refractivity contribution in [3.05, 3.63) is 24.0 Å². The average Bonchev–Trinajstić information content (AvgIpc) is 2.99. The van der Waals surface area contributed by atoms with E-state index in [0.29, 0.717) is 5.69 Å². The van der Waals surface area contributed by atoms with Gasteiger partial charge in [0.1, 0.15) is 17.5 Å². The Bertz CT molecular complexity index is 322. The Morgan fingerprint density at radius 3 is 2.92 bits per heavy atom. The van der Waals surface area contributed by atoms with Gasteiger partial charge in [-0.1, -0.05) is 0 Å². The third-order valence-corrected chi connectivity index (χ3v) is 2.03. The summed E-state index contributed by atoms with van der Waals surface area (Å²) < 4.78 is 5.46. The van der Waals surface area contributed by atoms with Crippen molar-refractivity contribution in [3.63, 3.8) is 0 Å². The monoisotopic (exact) mass is 174 g/mol. The first-order valence-electron chi connectivity index (χ1n) is 4.37. The molecule has 1 fully saturated rings. The van der Waals surface area contributed by atoms with Crippen LogP contribution in [0.3, 0.4) is 0 Å². The van der Waals surface area contributed by atoms with Crippen molar-refractivity contribution in [3.8, 4) is 11.8 Å². The van der Waals surface area contributed by atoms with Gasteiger partial charge in [-0.3, -0.25) is 0 Å². The number of nitrogens with zero attached hydrogens (tertiary/aromatic N) is 2. The Labute approximate surface area is 77.0 Å². The van der Waals surface area contributed by atoms with Crippen LogP contribution >= 0.6 is 0 Å². The molecule has 1 aromatic rings. The normalized spacial score (nSPS) is 15.0. The van der Waals surface area contributed by atoms with Crippen molar-refractivity contribution in [1.82, 2.24) is 4.98 Å². The average molecular weight is 174 g/mol. The van der Waals surface area contributed by atoms with Gasteiger partial charge in [-0.05, 0) is 30.9 Å². The number of aromatic nitrogens is 1. The Hall–Kier alpha value is -1.56. The van der Waals surface area contributed by atoms with Gasteiger partial charge in [-0.25, -0.2) is 4.98 Å². The maximum absolute atomic E-state index is 8.50. The highest BCUT2D eigenvalue weighted by Gasteiger charge is 2.21. The van der Waals surface area contributed by atoms with Gasteiger partial charge in [0.2, 0.25) is 0 Å². The van der Waals surface area contributed by atoms with Crippen molar-refractivity contribution in [2.75, 3.05) is 6.61 Å². The molecule has 3 heteroatoms. The predicted molar refractivity (Wildman–Crippen MR) is 47.2 cm³/mol. The summed E-state index contributed by atoms with van der Waals surface area (Å²) in [6.07, 6.45) is 4.16. The summed E-state index contributed by atoms with van der Waals surface area (Å²) in [4.78, 5) is 3.91. The zero-order chi connectivity index (χ0) is 9.10. The van der Waals surface area contributed by atoms with Gasteiger partial charge in [0.05, 0.1) is 12.8 Å². The zero-order valence-corrected chi connectivity index (χ0v) is 7.23. The van der Waals surface area contributed by atoms with E-state index in [-0.39, 0.29) is 0 Å². The summed E-state index contributed by atoms with van der Waals surface area (Å²) in [5.74, 6) is 1.50. The van der Waals surface area contributed by atoms with Crippen LogP contribution in [0.2, 0.25) is 0 Å². The first-order chi connectivity index (χ1) is 6.38. The molecule has 1 aromatic heterocycles. The van der Waals surface area contributed by atoms with E-state index >= 15 is 0 Å². The molecule has 66 valence electrons. The molecule has 0 spiro atoms. The molecular formula is C10H10N2O. The summed E-state index contributed by atoms with van der Waals surface area (Å²) >= 11 is 0. The minimum absolute atomic E-state index is 0.429. The van der Waals surface area contributed by atoms with Gasteiger partial charge in [0.15, 0.2) is 0 Å². The highest BCUT2D eigenvalue weighted by atomic mass is 16.5. The molecule has 1 heterocycles. The lowest BCUT2D eigenvalue weighted by molar-refractivity contribution is 0.298. The van der Waals surface area contributed by atoms with E-state index < -0.39 is 0 Å². The molecule has 1 saturated carbocycles. The molecule has 0 N–H and O–H groups in total. The first kappa shape index (κ1) is 8.06. The summed E-state index contributed by atoms with van der Waals surface area (Å²) in [5.41, 5.74) is 0.429. The molecule has 0 radical (unpaired) electrons. The Balaban J connectivity index is 1.93. The minimum atomic E-state index is 0.429. The lowest BCUT2D eigenvalue weighted by Gasteiger charge is -2.03. The van der Waals surface area contributed by atoms with Crippen molar-refractivity contribution in [2.24, 2.45) is 5.92 Å². The van der Waals surface area contributed by atoms with Gasteiger partial charge in [0, 0.05) is 0 Å². The second-order valence-corrected chi connectivity index (χ2v) is 3.25. The number of hydrogen-bond donors (Lipinski definition) is 0. The van der Waals surface area contributed by atoms with Crippen LogP contribution in [0.5, 0.6) is 5.75 Å². The molecular weight excluding hydrogens is 164 g/mol. The molecule has 1 aliphatic carbocycles. The third kappa shape index (κ3) is 2.19. The molecule has 1 aliphatic rings. The topological polar surface area (TPSA) is 45.9 Å². The maximum atomic E-state index is 8.50. The standard InChI is InChI=1S/C10H10N2O/c11-5-9-3-4-10(6-12-9)13-7-8-1-2-8/h3-4,6,8H,1-2,7H2. The SMILES string of the molecule is N#Cc1ccc(OCC2CC2)cn1. The van der Waals surface area contributed by atoms with Crippen molar-refractivity contribution in [2.45, 2.75) is 12.8 Å². The fourth-order valence-electron chi connectivity index (χ4n) is 1.03. The van der Waals surface area contributed by atoms with Crippen LogP contribution < -0.4 is 4.74 Å². The number of hydrogen-bond acceptors (Lipinski definition) is 3. The number of pyridine rings is 1. The fourth-order valence-corrected chi connectivity index (χ4v) is 1.03. The summed E-state index contributed by atoms with van der Waals surface area (Å²) in [5, 5.41) is 8.50. The van der Waals surface area contributed by atoms with E-state index in [4.69, 9.17) is 10.00 Å². The second kappa shape index (κ2) is 3.44. The van der Waals surface area contributed by atoms with E-state index in [0.717, 1.165) is 18.3 Å². The van der Waals surface area contributed by atoms with Crippen molar-refractivity contribution < 1.29 is 4.74 Å². The van der Waals surface area contributed by atoms with E-state index in [2.05, 4.69) is 4.98 Å². The lowest BCUT2D eigenvalue weighted by Crippen LogP contribution is -1.99. The molecule has 0 unspecified atom stereocenters. The number of rotatable bonds is 3. The molecule has 0 aromatic carbocycles. The minimum Gasteiger partial charge on any atom is -0.492 e. The predicted octanol–water partition coefficient (Wildman–Crippen LogP) is 1.74. The first-order valence-corrected chi connectivity index (χ1v) is 4.37. The van der Waals surface area contributed by atoms with Crippen LogP contribution in [0.1, 0.15) is 18.5 Å². The molecule has 0 atom stereocenters. The summed E-state index contributed by atoms with van der Waals surface area (Å²) in [7, 11) is 0. The molecule has 2 rings (SSSR count). The van der Waals surface area contributed by atoms with Crippen LogP contribution in [0.4, 0.5) is 0 Å². The van der Waals surface area contributed by atoms with Gasteiger partial charge < -0.3 is 4.74 Å². The van der Waals surface area contributed by atoms with E-state index in [1.807, 2.05) is 6.07 Å². The van der Waals surface area contributed by atoms with Crippen LogP contribution in [-0.4, -0.2) is 11.6 Å². The molecule has 0 amide bonds. The fraction of sp³-hybridized carbons (Fsp3) is 0.400. The van der Waals surface area contributed by atoms with Crippen LogP contribution in [0.15, 0.2) is 18.3 Å². The van der Waals surface area contributed by atoms with E-state index in [1.54, 1.807) is 18.3 Å². The molecule has 0 bridgehead atoms. The van der Waals surface area contributed by atoms with Crippen LogP contribution in [0.25, 0.3) is 0 Å². The molecule has 13 heavy (non-hydrogen) atoms. The Kier molecular flexibility index (Phi) is 2.13. The Morgan fingerprint density at radius 1 is 1.54 bits per heavy atom. The van der Waals surface area contributed by atoms with Gasteiger partial charge >= 0.3 is 0 Å². The van der Waals surface area contributed by atoms with Crippen LogP contribution in [-0.2, 0) is 0 Å². The largest absolute Gasteiger partial charge is 0.492 e. The second-order valence-electron chi connectivity index (χ2n) is 3.25. The Morgan fingerprint density at radius 2 is 2.38 bits per heavy atom. The molecule has 0 aliphatic heterocycles.